The van der Waals surface area contributed by atoms with Crippen LogP contribution in [0.3, 0.4) is 0 Å². The topological polar surface area (TPSA) is 71.1 Å². The minimum Gasteiger partial charge on any atom is -0.381 e. The van der Waals surface area contributed by atoms with Crippen LogP contribution in [-0.4, -0.2) is 52.8 Å². The lowest BCUT2D eigenvalue weighted by molar-refractivity contribution is 0.0385. The van der Waals surface area contributed by atoms with Gasteiger partial charge in [-0.3, -0.25) is 9.89 Å². The van der Waals surface area contributed by atoms with Crippen molar-refractivity contribution < 1.29 is 9.53 Å². The van der Waals surface area contributed by atoms with Gasteiger partial charge in [0.2, 0.25) is 5.82 Å². The predicted octanol–water partition coefficient (Wildman–Crippen LogP) is 0.303. The van der Waals surface area contributed by atoms with Crippen LogP contribution < -0.4 is 0 Å². The van der Waals surface area contributed by atoms with Gasteiger partial charge in [-0.15, -0.1) is 0 Å². The highest BCUT2D eigenvalue weighted by molar-refractivity contribution is 5.90. The van der Waals surface area contributed by atoms with Crippen molar-refractivity contribution in [2.45, 2.75) is 12.8 Å². The van der Waals surface area contributed by atoms with Gasteiger partial charge in [0, 0.05) is 20.2 Å². The Bertz CT molecular complexity index is 333. The second kappa shape index (κ2) is 5.07. The van der Waals surface area contributed by atoms with Crippen molar-refractivity contribution in [3.63, 3.8) is 0 Å². The Labute approximate surface area is 94.0 Å². The van der Waals surface area contributed by atoms with Gasteiger partial charge in [0.05, 0.1) is 6.61 Å². The SMILES string of the molecule is CN(CC1CCCOC1)C(=O)c1ncn[nH]1. The molecule has 88 valence electrons. The van der Waals surface area contributed by atoms with E-state index in [-0.39, 0.29) is 5.91 Å². The lowest BCUT2D eigenvalue weighted by Gasteiger charge is -2.26. The highest BCUT2D eigenvalue weighted by Crippen LogP contribution is 2.14. The van der Waals surface area contributed by atoms with E-state index in [0.29, 0.717) is 18.3 Å². The van der Waals surface area contributed by atoms with E-state index in [1.54, 1.807) is 11.9 Å². The number of carbonyl (C=O) groups is 1. The number of carbonyl (C=O) groups excluding carboxylic acids is 1. The van der Waals surface area contributed by atoms with Crippen LogP contribution in [0.4, 0.5) is 0 Å². The van der Waals surface area contributed by atoms with Crippen molar-refractivity contribution in [1.29, 1.82) is 0 Å². The lowest BCUT2D eigenvalue weighted by atomic mass is 10.0. The molecule has 1 amide bonds. The van der Waals surface area contributed by atoms with E-state index in [9.17, 15) is 4.79 Å². The van der Waals surface area contributed by atoms with Crippen molar-refractivity contribution in [1.82, 2.24) is 20.1 Å². The Morgan fingerprint density at radius 3 is 3.25 bits per heavy atom. The molecule has 2 heterocycles. The van der Waals surface area contributed by atoms with Crippen LogP contribution in [0.25, 0.3) is 0 Å². The Balaban J connectivity index is 1.87. The summed E-state index contributed by atoms with van der Waals surface area (Å²) < 4.78 is 5.38. The zero-order chi connectivity index (χ0) is 11.4. The van der Waals surface area contributed by atoms with Crippen LogP contribution in [0, 0.1) is 5.92 Å². The number of hydrogen-bond acceptors (Lipinski definition) is 4. The number of hydrogen-bond donors (Lipinski definition) is 1. The number of aromatic nitrogens is 3. The highest BCUT2D eigenvalue weighted by atomic mass is 16.5. The maximum Gasteiger partial charge on any atom is 0.290 e. The molecule has 2 rings (SSSR count). The highest BCUT2D eigenvalue weighted by Gasteiger charge is 2.20. The normalized spacial score (nSPS) is 20.7. The van der Waals surface area contributed by atoms with Gasteiger partial charge in [-0.2, -0.15) is 5.10 Å². The molecule has 16 heavy (non-hydrogen) atoms. The molecule has 1 unspecified atom stereocenters. The molecule has 1 aromatic rings. The van der Waals surface area contributed by atoms with Crippen LogP contribution in [0.5, 0.6) is 0 Å². The van der Waals surface area contributed by atoms with Gasteiger partial charge in [-0.05, 0) is 18.8 Å². The largest absolute Gasteiger partial charge is 0.381 e. The fraction of sp³-hybridized carbons (Fsp3) is 0.700. The Morgan fingerprint density at radius 1 is 1.75 bits per heavy atom. The van der Waals surface area contributed by atoms with E-state index < -0.39 is 0 Å². The van der Waals surface area contributed by atoms with E-state index in [1.807, 2.05) is 0 Å². The fourth-order valence-corrected chi connectivity index (χ4v) is 1.91. The summed E-state index contributed by atoms with van der Waals surface area (Å²) in [6.07, 6.45) is 3.54. The predicted molar refractivity (Wildman–Crippen MR) is 56.9 cm³/mol. The van der Waals surface area contributed by atoms with Gasteiger partial charge in [0.15, 0.2) is 0 Å². The molecule has 1 fully saturated rings. The summed E-state index contributed by atoms with van der Waals surface area (Å²) in [5.41, 5.74) is 0. The van der Waals surface area contributed by atoms with E-state index in [4.69, 9.17) is 4.74 Å². The summed E-state index contributed by atoms with van der Waals surface area (Å²) >= 11 is 0. The second-order valence-electron chi connectivity index (χ2n) is 4.10. The van der Waals surface area contributed by atoms with E-state index in [0.717, 1.165) is 26.1 Å². The third-order valence-electron chi connectivity index (χ3n) is 2.75. The quantitative estimate of drug-likeness (QED) is 0.801. The summed E-state index contributed by atoms with van der Waals surface area (Å²) in [6.45, 7) is 2.30. The summed E-state index contributed by atoms with van der Waals surface area (Å²) in [5, 5.41) is 6.24. The van der Waals surface area contributed by atoms with Gasteiger partial charge in [0.1, 0.15) is 6.33 Å². The summed E-state index contributed by atoms with van der Waals surface area (Å²) in [6, 6.07) is 0. The molecule has 0 saturated carbocycles. The second-order valence-corrected chi connectivity index (χ2v) is 4.10. The minimum atomic E-state index is -0.122. The number of amides is 1. The third-order valence-corrected chi connectivity index (χ3v) is 2.75. The Kier molecular flexibility index (Phi) is 3.51. The van der Waals surface area contributed by atoms with Crippen LogP contribution in [0.15, 0.2) is 6.33 Å². The average Bonchev–Trinajstić information content (AvgIpc) is 2.83. The average molecular weight is 224 g/mol. The van der Waals surface area contributed by atoms with E-state index in [2.05, 4.69) is 15.2 Å². The summed E-state index contributed by atoms with van der Waals surface area (Å²) in [7, 11) is 1.78. The van der Waals surface area contributed by atoms with E-state index >= 15 is 0 Å². The maximum absolute atomic E-state index is 11.8. The number of aromatic amines is 1. The fourth-order valence-electron chi connectivity index (χ4n) is 1.91. The van der Waals surface area contributed by atoms with E-state index in [1.165, 1.54) is 6.33 Å². The van der Waals surface area contributed by atoms with Crippen molar-refractivity contribution in [3.8, 4) is 0 Å². The van der Waals surface area contributed by atoms with Crippen LogP contribution in [0.2, 0.25) is 0 Å². The summed E-state index contributed by atoms with van der Waals surface area (Å²) in [5.74, 6) is 0.605. The molecule has 0 bridgehead atoms. The lowest BCUT2D eigenvalue weighted by Crippen LogP contribution is -2.35. The summed E-state index contributed by atoms with van der Waals surface area (Å²) in [4.78, 5) is 17.3. The first-order chi connectivity index (χ1) is 7.77. The van der Waals surface area contributed by atoms with Gasteiger partial charge in [-0.1, -0.05) is 0 Å². The monoisotopic (exact) mass is 224 g/mol. The van der Waals surface area contributed by atoms with Gasteiger partial charge < -0.3 is 9.64 Å². The third kappa shape index (κ3) is 2.57. The Hall–Kier alpha value is -1.43. The molecular weight excluding hydrogens is 208 g/mol. The van der Waals surface area contributed by atoms with Crippen LogP contribution in [-0.2, 0) is 4.74 Å². The molecule has 0 spiro atoms. The molecule has 6 nitrogen and oxygen atoms in total. The number of nitrogens with zero attached hydrogens (tertiary/aromatic N) is 3. The van der Waals surface area contributed by atoms with Crippen molar-refractivity contribution in [2.75, 3.05) is 26.8 Å². The standard InChI is InChI=1S/C10H16N4O2/c1-14(5-8-3-2-4-16-6-8)10(15)9-11-7-12-13-9/h7-8H,2-6H2,1H3,(H,11,12,13). The van der Waals surface area contributed by atoms with Crippen LogP contribution in [0.1, 0.15) is 23.5 Å². The molecule has 1 aliphatic heterocycles. The first-order valence-electron chi connectivity index (χ1n) is 5.46. The molecule has 1 atom stereocenters. The number of rotatable bonds is 3. The molecule has 1 aromatic heterocycles. The number of nitrogens with one attached hydrogen (secondary N) is 1. The molecule has 1 N–H and O–H groups in total. The van der Waals surface area contributed by atoms with Crippen molar-refractivity contribution >= 4 is 5.91 Å². The zero-order valence-electron chi connectivity index (χ0n) is 9.35. The molecule has 6 heteroatoms. The maximum atomic E-state index is 11.8. The van der Waals surface area contributed by atoms with Gasteiger partial charge >= 0.3 is 0 Å². The van der Waals surface area contributed by atoms with Crippen molar-refractivity contribution in [3.05, 3.63) is 12.2 Å². The van der Waals surface area contributed by atoms with Crippen molar-refractivity contribution in [2.24, 2.45) is 5.92 Å². The zero-order valence-corrected chi connectivity index (χ0v) is 9.35. The molecule has 0 radical (unpaired) electrons. The molecule has 0 aromatic carbocycles. The molecule has 1 aliphatic rings. The first-order valence-corrected chi connectivity index (χ1v) is 5.46. The number of H-pyrrole nitrogens is 1. The Morgan fingerprint density at radius 2 is 2.62 bits per heavy atom. The van der Waals surface area contributed by atoms with Gasteiger partial charge in [-0.25, -0.2) is 4.98 Å². The van der Waals surface area contributed by atoms with Crippen LogP contribution >= 0.6 is 0 Å². The van der Waals surface area contributed by atoms with Gasteiger partial charge in [0.25, 0.3) is 5.91 Å². The smallest absolute Gasteiger partial charge is 0.290 e. The number of ether oxygens (including phenoxy) is 1. The first kappa shape index (κ1) is 11.1. The molecular formula is C10H16N4O2. The molecule has 0 aliphatic carbocycles. The molecule has 1 saturated heterocycles. The minimum absolute atomic E-state index is 0.122.